The van der Waals surface area contributed by atoms with Crippen molar-refractivity contribution in [2.24, 2.45) is 5.92 Å². The first-order chi connectivity index (χ1) is 22.7. The number of anilines is 3. The van der Waals surface area contributed by atoms with Crippen LogP contribution in [0, 0.1) is 17.2 Å². The van der Waals surface area contributed by atoms with Crippen molar-refractivity contribution in [1.82, 2.24) is 0 Å². The number of allylic oxidation sites excluding steroid dienone is 10. The lowest BCUT2D eigenvalue weighted by Crippen LogP contribution is -2.10. The molecule has 46 heavy (non-hydrogen) atoms. The second-order valence-electron chi connectivity index (χ2n) is 11.8. The Hall–Kier alpha value is -6.17. The summed E-state index contributed by atoms with van der Waals surface area (Å²) in [5.41, 5.74) is 9.89. The van der Waals surface area contributed by atoms with Crippen LogP contribution in [0.3, 0.4) is 0 Å². The number of nitriles is 1. The van der Waals surface area contributed by atoms with Crippen LogP contribution in [0.2, 0.25) is 0 Å². The standard InChI is InChI=1S/C44H30N2/c45-30-33-10-12-41-29-44(24-19-39(41)27-33)46(43-22-17-36(18-23-43)40-14-13-34-7-3-4-8-37(34)28-40)42-20-15-35(16-21-42)38-11-9-31-5-1-2-6-32(25-31)26-38/h1-29,32H. The monoisotopic (exact) mass is 586 g/mol. The number of hydrogen-bond donors (Lipinski definition) is 0. The summed E-state index contributed by atoms with van der Waals surface area (Å²) in [6.45, 7) is 0. The van der Waals surface area contributed by atoms with Crippen molar-refractivity contribution < 1.29 is 0 Å². The molecular weight excluding hydrogens is 556 g/mol. The van der Waals surface area contributed by atoms with Crippen LogP contribution in [0.15, 0.2) is 182 Å². The molecule has 2 bridgehead atoms. The van der Waals surface area contributed by atoms with Crippen LogP contribution >= 0.6 is 0 Å². The molecule has 0 aromatic heterocycles. The molecule has 216 valence electrons. The fourth-order valence-corrected chi connectivity index (χ4v) is 6.41. The molecule has 8 rings (SSSR count). The van der Waals surface area contributed by atoms with Gasteiger partial charge in [0.05, 0.1) is 11.6 Å². The molecule has 0 heterocycles. The molecule has 2 aliphatic carbocycles. The van der Waals surface area contributed by atoms with Crippen LogP contribution in [0.1, 0.15) is 11.1 Å². The topological polar surface area (TPSA) is 27.0 Å². The highest BCUT2D eigenvalue weighted by molar-refractivity contribution is 5.91. The quantitative estimate of drug-likeness (QED) is 0.201. The van der Waals surface area contributed by atoms with Gasteiger partial charge in [-0.15, -0.1) is 0 Å². The Labute approximate surface area is 269 Å². The van der Waals surface area contributed by atoms with Crippen molar-refractivity contribution in [2.75, 3.05) is 4.90 Å². The maximum Gasteiger partial charge on any atom is 0.0991 e. The van der Waals surface area contributed by atoms with Crippen molar-refractivity contribution in [3.8, 4) is 17.2 Å². The van der Waals surface area contributed by atoms with Gasteiger partial charge in [-0.25, -0.2) is 0 Å². The number of rotatable bonds is 5. The van der Waals surface area contributed by atoms with Crippen LogP contribution in [-0.4, -0.2) is 0 Å². The van der Waals surface area contributed by atoms with E-state index in [-0.39, 0.29) is 5.92 Å². The third-order valence-corrected chi connectivity index (χ3v) is 8.82. The first kappa shape index (κ1) is 27.4. The minimum atomic E-state index is 0.270. The highest BCUT2D eigenvalue weighted by atomic mass is 15.1. The smallest absolute Gasteiger partial charge is 0.0991 e. The fraction of sp³-hybridized carbons (Fsp3) is 0.0227. The molecule has 1 unspecified atom stereocenters. The summed E-state index contributed by atoms with van der Waals surface area (Å²) in [6, 6.07) is 47.4. The average Bonchev–Trinajstić information content (AvgIpc) is 3.48. The van der Waals surface area contributed by atoms with Crippen molar-refractivity contribution in [3.05, 3.63) is 193 Å². The van der Waals surface area contributed by atoms with E-state index in [1.54, 1.807) is 0 Å². The largest absolute Gasteiger partial charge is 0.310 e. The third kappa shape index (κ3) is 5.36. The summed E-state index contributed by atoms with van der Waals surface area (Å²) >= 11 is 0. The number of benzene rings is 6. The summed E-state index contributed by atoms with van der Waals surface area (Å²) < 4.78 is 0. The van der Waals surface area contributed by atoms with Gasteiger partial charge >= 0.3 is 0 Å². The maximum atomic E-state index is 9.41. The van der Waals surface area contributed by atoms with E-state index in [9.17, 15) is 5.26 Å². The summed E-state index contributed by atoms with van der Waals surface area (Å²) in [5.74, 6) is 0.270. The molecule has 1 atom stereocenters. The lowest BCUT2D eigenvalue weighted by Gasteiger charge is -2.26. The molecule has 0 saturated heterocycles. The van der Waals surface area contributed by atoms with Crippen LogP contribution in [0.25, 0.3) is 38.2 Å². The molecule has 0 saturated carbocycles. The van der Waals surface area contributed by atoms with Crippen molar-refractivity contribution >= 4 is 44.2 Å². The number of nitrogens with zero attached hydrogens (tertiary/aromatic N) is 2. The molecular formula is C44H30N2. The van der Waals surface area contributed by atoms with E-state index in [2.05, 4.69) is 169 Å². The van der Waals surface area contributed by atoms with Gasteiger partial charge in [-0.3, -0.25) is 0 Å². The van der Waals surface area contributed by atoms with Gasteiger partial charge in [0, 0.05) is 23.0 Å². The number of fused-ring (bicyclic) bond motifs is 3. The Morgan fingerprint density at radius 3 is 1.96 bits per heavy atom. The van der Waals surface area contributed by atoms with Gasteiger partial charge in [-0.1, -0.05) is 121 Å². The summed E-state index contributed by atoms with van der Waals surface area (Å²) in [5, 5.41) is 14.0. The van der Waals surface area contributed by atoms with Gasteiger partial charge in [0.25, 0.3) is 0 Å². The van der Waals surface area contributed by atoms with Crippen molar-refractivity contribution in [1.29, 1.82) is 5.26 Å². The lowest BCUT2D eigenvalue weighted by atomic mass is 9.99. The Morgan fingerprint density at radius 1 is 0.500 bits per heavy atom. The van der Waals surface area contributed by atoms with Gasteiger partial charge in [0.1, 0.15) is 0 Å². The van der Waals surface area contributed by atoms with Gasteiger partial charge < -0.3 is 4.90 Å². The Balaban J connectivity index is 1.18. The lowest BCUT2D eigenvalue weighted by molar-refractivity contribution is 1.07. The number of hydrogen-bond acceptors (Lipinski definition) is 2. The molecule has 6 aromatic rings. The normalized spacial score (nSPS) is 15.2. The summed E-state index contributed by atoms with van der Waals surface area (Å²) in [4.78, 5) is 2.30. The van der Waals surface area contributed by atoms with E-state index in [0.29, 0.717) is 5.56 Å². The van der Waals surface area contributed by atoms with Gasteiger partial charge in [-0.2, -0.15) is 5.26 Å². The molecule has 2 heteroatoms. The first-order valence-corrected chi connectivity index (χ1v) is 15.6. The molecule has 0 fully saturated rings. The van der Waals surface area contributed by atoms with Crippen molar-refractivity contribution in [3.63, 3.8) is 0 Å². The van der Waals surface area contributed by atoms with E-state index in [0.717, 1.165) is 27.8 Å². The third-order valence-electron chi connectivity index (χ3n) is 8.82. The van der Waals surface area contributed by atoms with E-state index in [1.807, 2.05) is 18.2 Å². The predicted molar refractivity (Wildman–Crippen MR) is 193 cm³/mol. The zero-order valence-electron chi connectivity index (χ0n) is 25.2. The van der Waals surface area contributed by atoms with Gasteiger partial charge in [0.15, 0.2) is 0 Å². The molecule has 0 N–H and O–H groups in total. The minimum Gasteiger partial charge on any atom is -0.310 e. The van der Waals surface area contributed by atoms with E-state index in [1.165, 1.54) is 38.6 Å². The first-order valence-electron chi connectivity index (χ1n) is 15.6. The van der Waals surface area contributed by atoms with E-state index < -0.39 is 0 Å². The molecule has 2 aliphatic rings. The Kier molecular flexibility index (Phi) is 6.98. The average molecular weight is 587 g/mol. The summed E-state index contributed by atoms with van der Waals surface area (Å²) in [6.07, 6.45) is 17.6. The second kappa shape index (κ2) is 11.7. The zero-order chi connectivity index (χ0) is 30.9. The Bertz CT molecular complexity index is 2310. The maximum absolute atomic E-state index is 9.41. The van der Waals surface area contributed by atoms with Gasteiger partial charge in [-0.05, 0) is 104 Å². The van der Waals surface area contributed by atoms with E-state index in [4.69, 9.17) is 0 Å². The Morgan fingerprint density at radius 2 is 1.15 bits per heavy atom. The zero-order valence-corrected chi connectivity index (χ0v) is 25.2. The molecule has 0 amide bonds. The summed E-state index contributed by atoms with van der Waals surface area (Å²) in [7, 11) is 0. The van der Waals surface area contributed by atoms with Crippen LogP contribution in [0.5, 0.6) is 0 Å². The predicted octanol–water partition coefficient (Wildman–Crippen LogP) is 11.6. The van der Waals surface area contributed by atoms with E-state index >= 15 is 0 Å². The van der Waals surface area contributed by atoms with Crippen LogP contribution in [-0.2, 0) is 0 Å². The van der Waals surface area contributed by atoms with Crippen molar-refractivity contribution in [2.45, 2.75) is 0 Å². The molecule has 0 aliphatic heterocycles. The SMILES string of the molecule is N#Cc1ccc2cc(N(c3ccc(C4=CC5C=CC=CC(=C5)C=C4)cc3)c3ccc(-c4ccc5ccccc5c4)cc3)ccc2c1. The molecule has 6 aromatic carbocycles. The fourth-order valence-electron chi connectivity index (χ4n) is 6.41. The molecule has 0 spiro atoms. The molecule has 0 radical (unpaired) electrons. The highest BCUT2D eigenvalue weighted by Gasteiger charge is 2.15. The van der Waals surface area contributed by atoms with Crippen LogP contribution < -0.4 is 4.90 Å². The molecule has 2 nitrogen and oxygen atoms in total. The van der Waals surface area contributed by atoms with Gasteiger partial charge in [0.2, 0.25) is 0 Å². The highest BCUT2D eigenvalue weighted by Crippen LogP contribution is 2.38. The van der Waals surface area contributed by atoms with Crippen LogP contribution in [0.4, 0.5) is 17.1 Å². The second-order valence-corrected chi connectivity index (χ2v) is 11.8. The minimum absolute atomic E-state index is 0.270.